The zero-order valence-electron chi connectivity index (χ0n) is 15.4. The molecule has 7 nitrogen and oxygen atoms in total. The summed E-state index contributed by atoms with van der Waals surface area (Å²) in [5.41, 5.74) is 0.558. The summed E-state index contributed by atoms with van der Waals surface area (Å²) in [6.07, 6.45) is 3.66. The van der Waals surface area contributed by atoms with Crippen LogP contribution in [0.1, 0.15) is 18.6 Å². The number of piperidine rings is 1. The van der Waals surface area contributed by atoms with E-state index >= 15 is 0 Å². The van der Waals surface area contributed by atoms with Crippen molar-refractivity contribution in [2.45, 2.75) is 19.4 Å². The molecular formula is C20H25N3O4. The molecule has 2 amide bonds. The molecule has 7 heteroatoms. The minimum atomic E-state index is -0.657. The lowest BCUT2D eigenvalue weighted by Crippen LogP contribution is -2.41. The molecule has 2 N–H and O–H groups in total. The van der Waals surface area contributed by atoms with E-state index in [1.165, 1.54) is 0 Å². The molecule has 1 saturated heterocycles. The van der Waals surface area contributed by atoms with Gasteiger partial charge in [0.05, 0.1) is 19.9 Å². The first-order valence-electron chi connectivity index (χ1n) is 9.12. The molecule has 144 valence electrons. The minimum Gasteiger partial charge on any atom is -0.497 e. The Hall–Kier alpha value is -2.80. The van der Waals surface area contributed by atoms with Crippen molar-refractivity contribution in [1.29, 1.82) is 0 Å². The summed E-state index contributed by atoms with van der Waals surface area (Å²) in [5.74, 6) is 0.780. The van der Waals surface area contributed by atoms with Gasteiger partial charge in [0.1, 0.15) is 11.5 Å². The Balaban J connectivity index is 1.36. The van der Waals surface area contributed by atoms with E-state index in [0.29, 0.717) is 23.9 Å². The van der Waals surface area contributed by atoms with Crippen LogP contribution in [-0.4, -0.2) is 43.5 Å². The number of hydrogen-bond acceptors (Lipinski definition) is 5. The first-order valence-corrected chi connectivity index (χ1v) is 9.12. The molecule has 0 radical (unpaired) electrons. The number of furan rings is 1. The molecule has 0 bridgehead atoms. The molecular weight excluding hydrogens is 346 g/mol. The monoisotopic (exact) mass is 371 g/mol. The average molecular weight is 371 g/mol. The second-order valence-electron chi connectivity index (χ2n) is 6.69. The first kappa shape index (κ1) is 19.0. The number of anilines is 1. The number of rotatable bonds is 6. The van der Waals surface area contributed by atoms with Crippen LogP contribution in [0.4, 0.5) is 5.69 Å². The van der Waals surface area contributed by atoms with Gasteiger partial charge in [0, 0.05) is 12.2 Å². The fraction of sp³-hybridized carbons (Fsp3) is 0.400. The van der Waals surface area contributed by atoms with Gasteiger partial charge in [-0.25, -0.2) is 0 Å². The number of hydrogen-bond donors (Lipinski definition) is 2. The van der Waals surface area contributed by atoms with Gasteiger partial charge in [-0.3, -0.25) is 14.5 Å². The van der Waals surface area contributed by atoms with Crippen LogP contribution in [-0.2, 0) is 16.1 Å². The van der Waals surface area contributed by atoms with Crippen molar-refractivity contribution >= 4 is 17.5 Å². The lowest BCUT2D eigenvalue weighted by Gasteiger charge is -2.31. The van der Waals surface area contributed by atoms with Crippen LogP contribution in [0.15, 0.2) is 47.1 Å². The zero-order valence-corrected chi connectivity index (χ0v) is 15.4. The second-order valence-corrected chi connectivity index (χ2v) is 6.69. The smallest absolute Gasteiger partial charge is 0.313 e. The molecule has 1 aromatic heterocycles. The number of amides is 2. The summed E-state index contributed by atoms with van der Waals surface area (Å²) < 4.78 is 10.4. The summed E-state index contributed by atoms with van der Waals surface area (Å²) >= 11 is 0. The third kappa shape index (κ3) is 5.59. The van der Waals surface area contributed by atoms with E-state index in [2.05, 4.69) is 15.5 Å². The van der Waals surface area contributed by atoms with Gasteiger partial charge in [-0.1, -0.05) is 0 Å². The molecule has 3 rings (SSSR count). The number of nitrogens with one attached hydrogen (secondary N) is 2. The normalized spacial score (nSPS) is 15.3. The van der Waals surface area contributed by atoms with Gasteiger partial charge >= 0.3 is 11.8 Å². The Kier molecular flexibility index (Phi) is 6.49. The summed E-state index contributed by atoms with van der Waals surface area (Å²) in [6.45, 7) is 3.25. The fourth-order valence-corrected chi connectivity index (χ4v) is 3.15. The fourth-order valence-electron chi connectivity index (χ4n) is 3.15. The molecule has 0 atom stereocenters. The molecule has 0 aliphatic carbocycles. The van der Waals surface area contributed by atoms with Crippen LogP contribution in [0, 0.1) is 5.92 Å². The van der Waals surface area contributed by atoms with E-state index < -0.39 is 11.8 Å². The van der Waals surface area contributed by atoms with Gasteiger partial charge in [-0.2, -0.15) is 0 Å². The molecule has 1 fully saturated rings. The number of methoxy groups -OCH3 is 1. The second kappa shape index (κ2) is 9.23. The lowest BCUT2D eigenvalue weighted by atomic mass is 9.96. The SMILES string of the molecule is COc1ccc(NC(=O)C(=O)NCC2CCN(Cc3ccco3)CC2)cc1. The van der Waals surface area contributed by atoms with Gasteiger partial charge < -0.3 is 19.8 Å². The van der Waals surface area contributed by atoms with Crippen LogP contribution >= 0.6 is 0 Å². The summed E-state index contributed by atoms with van der Waals surface area (Å²) in [4.78, 5) is 26.4. The standard InChI is InChI=1S/C20H25N3O4/c1-26-17-6-4-16(5-7-17)22-20(25)19(24)21-13-15-8-10-23(11-9-15)14-18-3-2-12-27-18/h2-7,12,15H,8-11,13-14H2,1H3,(H,21,24)(H,22,25). The van der Waals surface area contributed by atoms with Gasteiger partial charge in [0.15, 0.2) is 0 Å². The average Bonchev–Trinajstić information content (AvgIpc) is 3.21. The Morgan fingerprint density at radius 3 is 2.52 bits per heavy atom. The molecule has 0 saturated carbocycles. The van der Waals surface area contributed by atoms with Crippen molar-refractivity contribution in [1.82, 2.24) is 10.2 Å². The Bertz CT molecular complexity index is 735. The summed E-state index contributed by atoms with van der Waals surface area (Å²) in [5, 5.41) is 5.33. The topological polar surface area (TPSA) is 83.8 Å². The number of carbonyl (C=O) groups is 2. The predicted octanol–water partition coefficient (Wildman–Crippen LogP) is 2.26. The molecule has 0 spiro atoms. The number of nitrogens with zero attached hydrogens (tertiary/aromatic N) is 1. The van der Waals surface area contributed by atoms with Gasteiger partial charge in [-0.05, 0) is 68.2 Å². The minimum absolute atomic E-state index is 0.385. The summed E-state index contributed by atoms with van der Waals surface area (Å²) in [7, 11) is 1.57. The highest BCUT2D eigenvalue weighted by molar-refractivity contribution is 6.39. The van der Waals surface area contributed by atoms with E-state index in [-0.39, 0.29) is 0 Å². The maximum atomic E-state index is 12.0. The van der Waals surface area contributed by atoms with Gasteiger partial charge in [0.2, 0.25) is 0 Å². The van der Waals surface area contributed by atoms with Crippen molar-refractivity contribution < 1.29 is 18.7 Å². The number of carbonyl (C=O) groups excluding carboxylic acids is 2. The first-order chi connectivity index (χ1) is 13.1. The van der Waals surface area contributed by atoms with Gasteiger partial charge in [-0.15, -0.1) is 0 Å². The van der Waals surface area contributed by atoms with Crippen molar-refractivity contribution in [3.05, 3.63) is 48.4 Å². The van der Waals surface area contributed by atoms with Crippen LogP contribution in [0.25, 0.3) is 0 Å². The lowest BCUT2D eigenvalue weighted by molar-refractivity contribution is -0.136. The maximum Gasteiger partial charge on any atom is 0.313 e. The number of likely N-dealkylation sites (tertiary alicyclic amines) is 1. The number of ether oxygens (including phenoxy) is 1. The molecule has 1 aliphatic rings. The van der Waals surface area contributed by atoms with E-state index in [1.54, 1.807) is 37.6 Å². The molecule has 2 heterocycles. The Morgan fingerprint density at radius 1 is 1.15 bits per heavy atom. The maximum absolute atomic E-state index is 12.0. The Morgan fingerprint density at radius 2 is 1.89 bits per heavy atom. The highest BCUT2D eigenvalue weighted by Gasteiger charge is 2.21. The van der Waals surface area contributed by atoms with Gasteiger partial charge in [0.25, 0.3) is 0 Å². The van der Waals surface area contributed by atoms with Crippen LogP contribution in [0.5, 0.6) is 5.75 Å². The van der Waals surface area contributed by atoms with E-state index in [0.717, 1.165) is 38.2 Å². The Labute approximate surface area is 158 Å². The van der Waals surface area contributed by atoms with Crippen molar-refractivity contribution in [3.63, 3.8) is 0 Å². The largest absolute Gasteiger partial charge is 0.497 e. The molecule has 0 unspecified atom stereocenters. The highest BCUT2D eigenvalue weighted by Crippen LogP contribution is 2.19. The third-order valence-corrected chi connectivity index (χ3v) is 4.77. The van der Waals surface area contributed by atoms with E-state index in [4.69, 9.17) is 9.15 Å². The quantitative estimate of drug-likeness (QED) is 0.761. The van der Waals surface area contributed by atoms with Crippen molar-refractivity contribution in [2.75, 3.05) is 32.1 Å². The third-order valence-electron chi connectivity index (χ3n) is 4.77. The molecule has 27 heavy (non-hydrogen) atoms. The molecule has 1 aromatic carbocycles. The highest BCUT2D eigenvalue weighted by atomic mass is 16.5. The zero-order chi connectivity index (χ0) is 19.1. The van der Waals surface area contributed by atoms with Crippen molar-refractivity contribution in [3.8, 4) is 5.75 Å². The molecule has 1 aliphatic heterocycles. The van der Waals surface area contributed by atoms with E-state index in [9.17, 15) is 9.59 Å². The predicted molar refractivity (Wildman–Crippen MR) is 101 cm³/mol. The van der Waals surface area contributed by atoms with Crippen molar-refractivity contribution in [2.24, 2.45) is 5.92 Å². The molecule has 2 aromatic rings. The van der Waals surface area contributed by atoms with Crippen LogP contribution in [0.3, 0.4) is 0 Å². The summed E-state index contributed by atoms with van der Waals surface area (Å²) in [6, 6.07) is 10.7. The van der Waals surface area contributed by atoms with E-state index in [1.807, 2.05) is 12.1 Å². The van der Waals surface area contributed by atoms with Crippen LogP contribution in [0.2, 0.25) is 0 Å². The number of benzene rings is 1. The van der Waals surface area contributed by atoms with Crippen LogP contribution < -0.4 is 15.4 Å².